The van der Waals surface area contributed by atoms with E-state index in [1.54, 1.807) is 17.0 Å². The normalized spacial score (nSPS) is 25.9. The number of carbonyl (C=O) groups is 1. The predicted molar refractivity (Wildman–Crippen MR) is 99.0 cm³/mol. The van der Waals surface area contributed by atoms with E-state index in [0.29, 0.717) is 25.9 Å². The quantitative estimate of drug-likeness (QED) is 0.730. The molecule has 0 unspecified atom stereocenters. The third-order valence-corrected chi connectivity index (χ3v) is 6.09. The Balaban J connectivity index is 1.60. The zero-order valence-electron chi connectivity index (χ0n) is 16.2. The first kappa shape index (κ1) is 20.1. The molecule has 2 fully saturated rings. The van der Waals surface area contributed by atoms with Gasteiger partial charge in [0.2, 0.25) is 0 Å². The Morgan fingerprint density at radius 3 is 2.56 bits per heavy atom. The van der Waals surface area contributed by atoms with E-state index >= 15 is 0 Å². The fourth-order valence-electron chi connectivity index (χ4n) is 3.42. The average molecular weight is 397 g/mol. The SMILES string of the molecule is Cc1ccc(S(=O)(=O)O[C@@H]2CO[C@]3(CCN(C(=O)OC(C)(C)C)C3)C2)cc1. The molecule has 2 saturated heterocycles. The lowest BCUT2D eigenvalue weighted by Crippen LogP contribution is -2.39. The predicted octanol–water partition coefficient (Wildman–Crippen LogP) is 2.87. The van der Waals surface area contributed by atoms with Crippen LogP contribution in [0.3, 0.4) is 0 Å². The van der Waals surface area contributed by atoms with Crippen LogP contribution < -0.4 is 0 Å². The second kappa shape index (κ2) is 7.07. The smallest absolute Gasteiger partial charge is 0.410 e. The molecule has 1 amide bonds. The first-order valence-corrected chi connectivity index (χ1v) is 10.5. The van der Waals surface area contributed by atoms with Crippen LogP contribution in [0, 0.1) is 6.92 Å². The fraction of sp³-hybridized carbons (Fsp3) is 0.632. The molecule has 2 aliphatic heterocycles. The van der Waals surface area contributed by atoms with Gasteiger partial charge in [0.05, 0.1) is 23.6 Å². The molecule has 2 atom stereocenters. The molecular formula is C19H27NO6S. The Bertz CT molecular complexity index is 798. The second-order valence-corrected chi connectivity index (χ2v) is 9.91. The monoisotopic (exact) mass is 397 g/mol. The van der Waals surface area contributed by atoms with Crippen molar-refractivity contribution in [3.05, 3.63) is 29.8 Å². The number of benzene rings is 1. The van der Waals surface area contributed by atoms with E-state index in [1.165, 1.54) is 12.1 Å². The number of rotatable bonds is 3. The Kier molecular flexibility index (Phi) is 5.26. The maximum absolute atomic E-state index is 12.5. The lowest BCUT2D eigenvalue weighted by molar-refractivity contribution is -0.000687. The molecule has 0 aromatic heterocycles. The first-order valence-electron chi connectivity index (χ1n) is 9.10. The molecule has 8 heteroatoms. The second-order valence-electron chi connectivity index (χ2n) is 8.34. The van der Waals surface area contributed by atoms with E-state index < -0.39 is 27.4 Å². The lowest BCUT2D eigenvalue weighted by atomic mass is 9.98. The number of hydrogen-bond acceptors (Lipinski definition) is 6. The molecule has 1 spiro atoms. The van der Waals surface area contributed by atoms with Crippen LogP contribution in [0.1, 0.15) is 39.2 Å². The van der Waals surface area contributed by atoms with Crippen molar-refractivity contribution in [2.45, 2.75) is 62.7 Å². The maximum atomic E-state index is 12.5. The molecule has 0 bridgehead atoms. The van der Waals surface area contributed by atoms with Gasteiger partial charge in [0, 0.05) is 13.0 Å². The molecule has 1 aromatic carbocycles. The van der Waals surface area contributed by atoms with Crippen LogP contribution in [0.2, 0.25) is 0 Å². The Hall–Kier alpha value is -1.64. The molecule has 0 N–H and O–H groups in total. The van der Waals surface area contributed by atoms with E-state index in [1.807, 2.05) is 27.7 Å². The van der Waals surface area contributed by atoms with Crippen LogP contribution in [0.15, 0.2) is 29.2 Å². The minimum atomic E-state index is -3.85. The van der Waals surface area contributed by atoms with E-state index in [9.17, 15) is 13.2 Å². The van der Waals surface area contributed by atoms with Crippen LogP contribution in [-0.4, -0.2) is 56.4 Å². The van der Waals surface area contributed by atoms with Crippen molar-refractivity contribution in [1.29, 1.82) is 0 Å². The highest BCUT2D eigenvalue weighted by atomic mass is 32.2. The molecule has 0 radical (unpaired) electrons. The van der Waals surface area contributed by atoms with Gasteiger partial charge >= 0.3 is 6.09 Å². The van der Waals surface area contributed by atoms with Gasteiger partial charge in [0.1, 0.15) is 11.7 Å². The number of amides is 1. The van der Waals surface area contributed by atoms with Crippen molar-refractivity contribution in [3.8, 4) is 0 Å². The molecule has 2 heterocycles. The third-order valence-electron chi connectivity index (χ3n) is 4.72. The van der Waals surface area contributed by atoms with Gasteiger partial charge in [-0.15, -0.1) is 0 Å². The molecular weight excluding hydrogens is 370 g/mol. The summed E-state index contributed by atoms with van der Waals surface area (Å²) in [6, 6.07) is 6.54. The van der Waals surface area contributed by atoms with Gasteiger partial charge in [0.15, 0.2) is 0 Å². The highest BCUT2D eigenvalue weighted by molar-refractivity contribution is 7.86. The molecule has 1 aromatic rings. The van der Waals surface area contributed by atoms with E-state index in [2.05, 4.69) is 0 Å². The van der Waals surface area contributed by atoms with Crippen molar-refractivity contribution < 1.29 is 26.9 Å². The highest BCUT2D eigenvalue weighted by Gasteiger charge is 2.49. The molecule has 2 aliphatic rings. The molecule has 27 heavy (non-hydrogen) atoms. The van der Waals surface area contributed by atoms with Gasteiger partial charge in [0.25, 0.3) is 10.1 Å². The summed E-state index contributed by atoms with van der Waals surface area (Å²) in [5.74, 6) is 0. The lowest BCUT2D eigenvalue weighted by Gasteiger charge is -2.26. The van der Waals surface area contributed by atoms with Crippen molar-refractivity contribution in [2.24, 2.45) is 0 Å². The fourth-order valence-corrected chi connectivity index (χ4v) is 4.48. The minimum Gasteiger partial charge on any atom is -0.444 e. The summed E-state index contributed by atoms with van der Waals surface area (Å²) in [4.78, 5) is 14.0. The van der Waals surface area contributed by atoms with Crippen molar-refractivity contribution in [3.63, 3.8) is 0 Å². The van der Waals surface area contributed by atoms with Crippen LogP contribution in [0.5, 0.6) is 0 Å². The summed E-state index contributed by atoms with van der Waals surface area (Å²) in [7, 11) is -3.85. The summed E-state index contributed by atoms with van der Waals surface area (Å²) in [6.45, 7) is 8.45. The Labute approximate surface area is 160 Å². The van der Waals surface area contributed by atoms with Crippen molar-refractivity contribution in [2.75, 3.05) is 19.7 Å². The van der Waals surface area contributed by atoms with Gasteiger partial charge < -0.3 is 14.4 Å². The third kappa shape index (κ3) is 4.80. The van der Waals surface area contributed by atoms with Gasteiger partial charge in [-0.25, -0.2) is 4.79 Å². The van der Waals surface area contributed by atoms with Gasteiger partial charge in [-0.1, -0.05) is 17.7 Å². The largest absolute Gasteiger partial charge is 0.444 e. The summed E-state index contributed by atoms with van der Waals surface area (Å²) in [5, 5.41) is 0. The number of nitrogens with zero attached hydrogens (tertiary/aromatic N) is 1. The number of aryl methyl sites for hydroxylation is 1. The number of hydrogen-bond donors (Lipinski definition) is 0. The Morgan fingerprint density at radius 1 is 1.26 bits per heavy atom. The summed E-state index contributed by atoms with van der Waals surface area (Å²) >= 11 is 0. The summed E-state index contributed by atoms with van der Waals surface area (Å²) < 4.78 is 41.6. The van der Waals surface area contributed by atoms with E-state index in [4.69, 9.17) is 13.7 Å². The summed E-state index contributed by atoms with van der Waals surface area (Å²) in [6.07, 6.45) is 0.128. The van der Waals surface area contributed by atoms with Crippen molar-refractivity contribution >= 4 is 16.2 Å². The summed E-state index contributed by atoms with van der Waals surface area (Å²) in [5.41, 5.74) is -0.146. The molecule has 3 rings (SSSR count). The van der Waals surface area contributed by atoms with E-state index in [-0.39, 0.29) is 17.6 Å². The number of carbonyl (C=O) groups excluding carboxylic acids is 1. The minimum absolute atomic E-state index is 0.135. The van der Waals surface area contributed by atoms with E-state index in [0.717, 1.165) is 5.56 Å². The van der Waals surface area contributed by atoms with Crippen LogP contribution >= 0.6 is 0 Å². The molecule has 0 saturated carbocycles. The van der Waals surface area contributed by atoms with Gasteiger partial charge in [-0.3, -0.25) is 4.18 Å². The molecule has 0 aliphatic carbocycles. The highest BCUT2D eigenvalue weighted by Crippen LogP contribution is 2.37. The van der Waals surface area contributed by atoms with Crippen LogP contribution in [0.4, 0.5) is 4.79 Å². The van der Waals surface area contributed by atoms with Gasteiger partial charge in [-0.05, 0) is 46.2 Å². The standard InChI is InChI=1S/C19H27NO6S/c1-14-5-7-16(8-6-14)27(22,23)26-15-11-19(24-12-15)9-10-20(13-19)17(21)25-18(2,3)4/h5-8,15H,9-13H2,1-4H3/t15-,19+/m0/s1. The molecule has 7 nitrogen and oxygen atoms in total. The van der Waals surface area contributed by atoms with Gasteiger partial charge in [-0.2, -0.15) is 8.42 Å². The van der Waals surface area contributed by atoms with Crippen molar-refractivity contribution in [1.82, 2.24) is 4.90 Å². The Morgan fingerprint density at radius 2 is 1.93 bits per heavy atom. The number of likely N-dealkylation sites (tertiary alicyclic amines) is 1. The average Bonchev–Trinajstić information content (AvgIpc) is 3.13. The topological polar surface area (TPSA) is 82.1 Å². The zero-order chi connectivity index (χ0) is 19.9. The number of ether oxygens (including phenoxy) is 2. The zero-order valence-corrected chi connectivity index (χ0v) is 17.0. The first-order chi connectivity index (χ1) is 12.5. The molecule has 150 valence electrons. The van der Waals surface area contributed by atoms with Crippen LogP contribution in [0.25, 0.3) is 0 Å². The van der Waals surface area contributed by atoms with Crippen LogP contribution in [-0.2, 0) is 23.8 Å². The maximum Gasteiger partial charge on any atom is 0.410 e.